The van der Waals surface area contributed by atoms with Crippen LogP contribution in [0.15, 0.2) is 12.3 Å². The van der Waals surface area contributed by atoms with Crippen LogP contribution in [0.3, 0.4) is 0 Å². The number of carbonyl (C=O) groups is 1. The Hall–Kier alpha value is -2.22. The lowest BCUT2D eigenvalue weighted by molar-refractivity contribution is 0.101. The first kappa shape index (κ1) is 14.2. The molecule has 1 amide bonds. The summed E-state index contributed by atoms with van der Waals surface area (Å²) in [7, 11) is 3.43. The van der Waals surface area contributed by atoms with Crippen molar-refractivity contribution in [3.63, 3.8) is 0 Å². The van der Waals surface area contributed by atoms with Crippen LogP contribution in [0.4, 0.5) is 5.82 Å². The second-order valence-electron chi connectivity index (χ2n) is 4.35. The minimum absolute atomic E-state index is 0.188. The molecule has 2 aromatic rings. The van der Waals surface area contributed by atoms with Crippen LogP contribution in [0.1, 0.15) is 28.7 Å². The fraction of sp³-hybridized carbons (Fsp3) is 0.333. The number of rotatable bonds is 4. The lowest BCUT2D eigenvalue weighted by Crippen LogP contribution is -2.20. The van der Waals surface area contributed by atoms with Crippen molar-refractivity contribution < 1.29 is 4.79 Å². The van der Waals surface area contributed by atoms with Crippen LogP contribution in [-0.2, 0) is 20.5 Å². The first-order chi connectivity index (χ1) is 9.43. The predicted molar refractivity (Wildman–Crippen MR) is 79.6 cm³/mol. The van der Waals surface area contributed by atoms with Gasteiger partial charge in [-0.1, -0.05) is 19.1 Å². The van der Waals surface area contributed by atoms with Crippen molar-refractivity contribution in [2.75, 3.05) is 5.32 Å². The summed E-state index contributed by atoms with van der Waals surface area (Å²) in [5.41, 5.74) is 7.47. The van der Waals surface area contributed by atoms with Crippen LogP contribution in [-0.4, -0.2) is 30.5 Å². The quantitative estimate of drug-likeness (QED) is 0.805. The Morgan fingerprint density at radius 2 is 2.15 bits per heavy atom. The van der Waals surface area contributed by atoms with Gasteiger partial charge in [0.25, 0.3) is 5.91 Å². The first-order valence-corrected chi connectivity index (χ1v) is 6.51. The number of hydrogen-bond donors (Lipinski definition) is 2. The number of hydrogen-bond acceptors (Lipinski definition) is 4. The molecule has 0 aliphatic carbocycles. The standard InChI is InChI=1S/C12H16N6OS/c1-4-7-5-9(17(2)16-7)12(19)15-11-8(10(13)20)6-14-18(11)3/h5-6H,4H2,1-3H3,(H2,13,20)(H,15,19). The highest BCUT2D eigenvalue weighted by Gasteiger charge is 2.17. The molecule has 0 aliphatic rings. The van der Waals surface area contributed by atoms with Crippen LogP contribution in [0, 0.1) is 0 Å². The molecular weight excluding hydrogens is 276 g/mol. The maximum absolute atomic E-state index is 12.3. The molecule has 3 N–H and O–H groups in total. The minimum Gasteiger partial charge on any atom is -0.389 e. The molecule has 7 nitrogen and oxygen atoms in total. The topological polar surface area (TPSA) is 90.8 Å². The second-order valence-corrected chi connectivity index (χ2v) is 4.79. The van der Waals surface area contributed by atoms with Gasteiger partial charge in [0.05, 0.1) is 17.5 Å². The zero-order chi connectivity index (χ0) is 14.9. The Bertz CT molecular complexity index is 672. The number of nitrogens with two attached hydrogens (primary N) is 1. The second kappa shape index (κ2) is 5.41. The molecule has 2 heterocycles. The summed E-state index contributed by atoms with van der Waals surface area (Å²) in [6.07, 6.45) is 2.30. The molecule has 20 heavy (non-hydrogen) atoms. The van der Waals surface area contributed by atoms with Crippen LogP contribution < -0.4 is 11.1 Å². The van der Waals surface area contributed by atoms with Gasteiger partial charge < -0.3 is 11.1 Å². The van der Waals surface area contributed by atoms with E-state index < -0.39 is 0 Å². The Kier molecular flexibility index (Phi) is 3.84. The van der Waals surface area contributed by atoms with E-state index in [0.717, 1.165) is 12.1 Å². The van der Waals surface area contributed by atoms with Crippen LogP contribution in [0.25, 0.3) is 0 Å². The van der Waals surface area contributed by atoms with Crippen molar-refractivity contribution in [1.82, 2.24) is 19.6 Å². The van der Waals surface area contributed by atoms with E-state index in [9.17, 15) is 4.79 Å². The Balaban J connectivity index is 2.30. The predicted octanol–water partition coefficient (Wildman–Crippen LogP) is 0.602. The van der Waals surface area contributed by atoms with Gasteiger partial charge in [0.2, 0.25) is 0 Å². The van der Waals surface area contributed by atoms with Crippen molar-refractivity contribution in [1.29, 1.82) is 0 Å². The summed E-state index contributed by atoms with van der Waals surface area (Å²) >= 11 is 4.94. The summed E-state index contributed by atoms with van der Waals surface area (Å²) in [5.74, 6) is 0.197. The molecule has 0 unspecified atom stereocenters. The smallest absolute Gasteiger partial charge is 0.275 e. The van der Waals surface area contributed by atoms with Crippen molar-refractivity contribution in [2.45, 2.75) is 13.3 Å². The normalized spacial score (nSPS) is 10.6. The lowest BCUT2D eigenvalue weighted by Gasteiger charge is -2.07. The molecule has 0 saturated heterocycles. The van der Waals surface area contributed by atoms with Crippen LogP contribution in [0.2, 0.25) is 0 Å². The number of carbonyl (C=O) groups excluding carboxylic acids is 1. The van der Waals surface area contributed by atoms with Crippen molar-refractivity contribution >= 4 is 28.9 Å². The van der Waals surface area contributed by atoms with E-state index in [2.05, 4.69) is 15.5 Å². The lowest BCUT2D eigenvalue weighted by atomic mass is 10.3. The van der Waals surface area contributed by atoms with Gasteiger partial charge in [0, 0.05) is 14.1 Å². The monoisotopic (exact) mass is 292 g/mol. The van der Waals surface area contributed by atoms with E-state index in [1.165, 1.54) is 10.9 Å². The van der Waals surface area contributed by atoms with Crippen molar-refractivity contribution in [3.8, 4) is 0 Å². The van der Waals surface area contributed by atoms with Gasteiger partial charge >= 0.3 is 0 Å². The average Bonchev–Trinajstić information content (AvgIpc) is 2.94. The summed E-state index contributed by atoms with van der Waals surface area (Å²) in [4.78, 5) is 12.5. The van der Waals surface area contributed by atoms with Gasteiger partial charge in [-0.25, -0.2) is 0 Å². The summed E-state index contributed by atoms with van der Waals surface area (Å²) in [6, 6.07) is 1.76. The third-order valence-corrected chi connectivity index (χ3v) is 3.18. The molecule has 0 aliphatic heterocycles. The number of aryl methyl sites for hydroxylation is 3. The molecule has 0 spiro atoms. The van der Waals surface area contributed by atoms with Gasteiger partial charge in [0.15, 0.2) is 0 Å². The Morgan fingerprint density at radius 3 is 2.70 bits per heavy atom. The van der Waals surface area contributed by atoms with Gasteiger partial charge in [-0.05, 0) is 12.5 Å². The van der Waals surface area contributed by atoms with Crippen molar-refractivity contribution in [3.05, 3.63) is 29.2 Å². The van der Waals surface area contributed by atoms with E-state index in [1.807, 2.05) is 6.92 Å². The van der Waals surface area contributed by atoms with Gasteiger partial charge in [-0.2, -0.15) is 10.2 Å². The molecule has 0 saturated carbocycles. The summed E-state index contributed by atoms with van der Waals surface area (Å²) < 4.78 is 3.06. The SMILES string of the molecule is CCc1cc(C(=O)Nc2c(C(N)=S)cnn2C)n(C)n1. The molecule has 0 aromatic carbocycles. The molecular formula is C12H16N6OS. The molecule has 8 heteroatoms. The zero-order valence-corrected chi connectivity index (χ0v) is 12.4. The van der Waals surface area contributed by atoms with E-state index in [4.69, 9.17) is 18.0 Å². The maximum Gasteiger partial charge on any atom is 0.275 e. The summed E-state index contributed by atoms with van der Waals surface area (Å²) in [5, 5.41) is 11.1. The highest BCUT2D eigenvalue weighted by atomic mass is 32.1. The van der Waals surface area contributed by atoms with Crippen molar-refractivity contribution in [2.24, 2.45) is 19.8 Å². The minimum atomic E-state index is -0.277. The van der Waals surface area contributed by atoms with Crippen LogP contribution in [0.5, 0.6) is 0 Å². The average molecular weight is 292 g/mol. The molecule has 0 radical (unpaired) electrons. The van der Waals surface area contributed by atoms with E-state index >= 15 is 0 Å². The molecule has 2 rings (SSSR count). The molecule has 106 valence electrons. The zero-order valence-electron chi connectivity index (χ0n) is 11.5. The van der Waals surface area contributed by atoms with Gasteiger partial charge in [-0.15, -0.1) is 0 Å². The highest BCUT2D eigenvalue weighted by Crippen LogP contribution is 2.15. The third kappa shape index (κ3) is 2.55. The largest absolute Gasteiger partial charge is 0.389 e. The number of anilines is 1. The Morgan fingerprint density at radius 1 is 1.45 bits per heavy atom. The number of nitrogens with zero attached hydrogens (tertiary/aromatic N) is 4. The number of amides is 1. The maximum atomic E-state index is 12.3. The molecule has 0 atom stereocenters. The number of nitrogens with one attached hydrogen (secondary N) is 1. The molecule has 0 fully saturated rings. The Labute approximate surface area is 121 Å². The highest BCUT2D eigenvalue weighted by molar-refractivity contribution is 7.80. The van der Waals surface area contributed by atoms with Crippen LogP contribution >= 0.6 is 12.2 Å². The molecule has 0 bridgehead atoms. The van der Waals surface area contributed by atoms with Gasteiger partial charge in [-0.3, -0.25) is 14.2 Å². The fourth-order valence-corrected chi connectivity index (χ4v) is 2.00. The van der Waals surface area contributed by atoms with E-state index in [0.29, 0.717) is 17.1 Å². The third-order valence-electron chi connectivity index (χ3n) is 2.96. The fourth-order valence-electron chi connectivity index (χ4n) is 1.85. The number of aromatic nitrogens is 4. The summed E-state index contributed by atoms with van der Waals surface area (Å²) in [6.45, 7) is 1.98. The first-order valence-electron chi connectivity index (χ1n) is 6.10. The number of thiocarbonyl (C=S) groups is 1. The van der Waals surface area contributed by atoms with E-state index in [-0.39, 0.29) is 10.9 Å². The molecule has 2 aromatic heterocycles. The van der Waals surface area contributed by atoms with E-state index in [1.54, 1.807) is 24.8 Å². The van der Waals surface area contributed by atoms with Gasteiger partial charge in [0.1, 0.15) is 16.5 Å².